The van der Waals surface area contributed by atoms with E-state index in [1.165, 1.54) is 6.07 Å². The molecule has 3 aromatic rings. The standard InChI is InChI=1S/C13H8ClFN2O/c14-12-8(2-1-3-9(12)15)13-17-10-6-7(16)4-5-11(10)18-13/h1-6H,16H2. The first-order chi connectivity index (χ1) is 8.65. The molecule has 0 aliphatic carbocycles. The van der Waals surface area contributed by atoms with Crippen LogP contribution in [-0.2, 0) is 0 Å². The van der Waals surface area contributed by atoms with Crippen molar-refractivity contribution in [3.8, 4) is 11.5 Å². The monoisotopic (exact) mass is 262 g/mol. The average Bonchev–Trinajstić information content (AvgIpc) is 2.75. The maximum atomic E-state index is 13.4. The molecule has 2 N–H and O–H groups in total. The maximum Gasteiger partial charge on any atom is 0.228 e. The van der Waals surface area contributed by atoms with Gasteiger partial charge in [0.25, 0.3) is 0 Å². The number of fused-ring (bicyclic) bond motifs is 1. The zero-order valence-electron chi connectivity index (χ0n) is 9.15. The Morgan fingerprint density at radius 3 is 2.89 bits per heavy atom. The van der Waals surface area contributed by atoms with Crippen LogP contribution < -0.4 is 5.73 Å². The van der Waals surface area contributed by atoms with Crippen molar-refractivity contribution in [2.24, 2.45) is 0 Å². The van der Waals surface area contributed by atoms with Gasteiger partial charge in [-0.1, -0.05) is 17.7 Å². The van der Waals surface area contributed by atoms with Crippen molar-refractivity contribution >= 4 is 28.4 Å². The van der Waals surface area contributed by atoms with Crippen molar-refractivity contribution < 1.29 is 8.81 Å². The molecular weight excluding hydrogens is 255 g/mol. The molecule has 0 bridgehead atoms. The summed E-state index contributed by atoms with van der Waals surface area (Å²) in [6, 6.07) is 9.61. The van der Waals surface area contributed by atoms with Crippen molar-refractivity contribution in [2.45, 2.75) is 0 Å². The van der Waals surface area contributed by atoms with Gasteiger partial charge in [0, 0.05) is 5.69 Å². The Bertz CT molecular complexity index is 739. The highest BCUT2D eigenvalue weighted by Crippen LogP contribution is 2.31. The summed E-state index contributed by atoms with van der Waals surface area (Å²) in [7, 11) is 0. The zero-order chi connectivity index (χ0) is 12.7. The van der Waals surface area contributed by atoms with Gasteiger partial charge in [0.2, 0.25) is 5.89 Å². The highest BCUT2D eigenvalue weighted by atomic mass is 35.5. The molecule has 0 radical (unpaired) electrons. The zero-order valence-corrected chi connectivity index (χ0v) is 9.91. The third-order valence-electron chi connectivity index (χ3n) is 2.59. The fourth-order valence-corrected chi connectivity index (χ4v) is 1.94. The van der Waals surface area contributed by atoms with Crippen LogP contribution in [0.4, 0.5) is 10.1 Å². The number of hydrogen-bond acceptors (Lipinski definition) is 3. The summed E-state index contributed by atoms with van der Waals surface area (Å²) in [5.41, 5.74) is 7.87. The van der Waals surface area contributed by atoms with Crippen molar-refractivity contribution in [1.29, 1.82) is 0 Å². The second-order valence-electron chi connectivity index (χ2n) is 3.85. The van der Waals surface area contributed by atoms with E-state index < -0.39 is 5.82 Å². The van der Waals surface area contributed by atoms with Crippen LogP contribution in [0.25, 0.3) is 22.6 Å². The largest absolute Gasteiger partial charge is 0.436 e. The van der Waals surface area contributed by atoms with E-state index in [2.05, 4.69) is 4.98 Å². The SMILES string of the molecule is Nc1ccc2oc(-c3cccc(F)c3Cl)nc2c1. The highest BCUT2D eigenvalue weighted by Gasteiger charge is 2.14. The van der Waals surface area contributed by atoms with Crippen LogP contribution in [0, 0.1) is 5.82 Å². The first kappa shape index (κ1) is 11.0. The van der Waals surface area contributed by atoms with E-state index in [9.17, 15) is 4.39 Å². The van der Waals surface area contributed by atoms with Crippen LogP contribution in [0.2, 0.25) is 5.02 Å². The third-order valence-corrected chi connectivity index (χ3v) is 2.98. The fraction of sp³-hybridized carbons (Fsp3) is 0. The first-order valence-corrected chi connectivity index (χ1v) is 5.63. The topological polar surface area (TPSA) is 52.0 Å². The van der Waals surface area contributed by atoms with Gasteiger partial charge in [-0.05, 0) is 30.3 Å². The molecule has 90 valence electrons. The summed E-state index contributed by atoms with van der Waals surface area (Å²) < 4.78 is 18.9. The molecule has 0 unspecified atom stereocenters. The van der Waals surface area contributed by atoms with E-state index in [4.69, 9.17) is 21.8 Å². The summed E-state index contributed by atoms with van der Waals surface area (Å²) >= 11 is 5.89. The molecular formula is C13H8ClFN2O. The summed E-state index contributed by atoms with van der Waals surface area (Å²) in [5.74, 6) is -0.226. The minimum Gasteiger partial charge on any atom is -0.436 e. The van der Waals surface area contributed by atoms with Crippen LogP contribution in [0.3, 0.4) is 0 Å². The van der Waals surface area contributed by atoms with E-state index in [1.54, 1.807) is 30.3 Å². The molecule has 0 aliphatic heterocycles. The van der Waals surface area contributed by atoms with Crippen LogP contribution in [-0.4, -0.2) is 4.98 Å². The fourth-order valence-electron chi connectivity index (χ4n) is 1.73. The number of oxazole rings is 1. The Balaban J connectivity index is 2.22. The summed E-state index contributed by atoms with van der Waals surface area (Å²) in [5, 5.41) is -0.00275. The lowest BCUT2D eigenvalue weighted by molar-refractivity contribution is 0.611. The van der Waals surface area contributed by atoms with Crippen LogP contribution in [0.15, 0.2) is 40.8 Å². The molecule has 0 saturated carbocycles. The number of anilines is 1. The molecule has 18 heavy (non-hydrogen) atoms. The van der Waals surface area contributed by atoms with Crippen molar-refractivity contribution in [3.63, 3.8) is 0 Å². The lowest BCUT2D eigenvalue weighted by atomic mass is 10.2. The van der Waals surface area contributed by atoms with Gasteiger partial charge in [-0.3, -0.25) is 0 Å². The van der Waals surface area contributed by atoms with Gasteiger partial charge in [0.05, 0.1) is 10.6 Å². The normalized spacial score (nSPS) is 11.0. The van der Waals surface area contributed by atoms with E-state index >= 15 is 0 Å². The van der Waals surface area contributed by atoms with Crippen molar-refractivity contribution in [2.75, 3.05) is 5.73 Å². The molecule has 0 spiro atoms. The van der Waals surface area contributed by atoms with Crippen molar-refractivity contribution in [1.82, 2.24) is 4.98 Å². The summed E-state index contributed by atoms with van der Waals surface area (Å²) in [4.78, 5) is 4.25. The van der Waals surface area contributed by atoms with E-state index in [-0.39, 0.29) is 10.9 Å². The molecule has 2 aromatic carbocycles. The molecule has 3 rings (SSSR count). The molecule has 3 nitrogen and oxygen atoms in total. The van der Waals surface area contributed by atoms with Crippen molar-refractivity contribution in [3.05, 3.63) is 47.2 Å². The molecule has 0 aliphatic rings. The van der Waals surface area contributed by atoms with Gasteiger partial charge < -0.3 is 10.2 Å². The van der Waals surface area contributed by atoms with Gasteiger partial charge in [-0.15, -0.1) is 0 Å². The minimum absolute atomic E-state index is 0.00275. The molecule has 1 aromatic heterocycles. The Hall–Kier alpha value is -2.07. The number of aromatic nitrogens is 1. The smallest absolute Gasteiger partial charge is 0.228 e. The number of nitrogens with two attached hydrogens (primary N) is 1. The highest BCUT2D eigenvalue weighted by molar-refractivity contribution is 6.33. The number of nitrogen functional groups attached to an aromatic ring is 1. The van der Waals surface area contributed by atoms with E-state index in [0.717, 1.165) is 0 Å². The predicted octanol–water partition coefficient (Wildman–Crippen LogP) is 3.87. The van der Waals surface area contributed by atoms with Gasteiger partial charge >= 0.3 is 0 Å². The van der Waals surface area contributed by atoms with E-state index in [0.29, 0.717) is 22.4 Å². The molecule has 0 saturated heterocycles. The minimum atomic E-state index is -0.504. The maximum absolute atomic E-state index is 13.4. The van der Waals surface area contributed by atoms with Crippen LogP contribution >= 0.6 is 11.6 Å². The second kappa shape index (κ2) is 3.99. The molecule has 0 amide bonds. The number of benzene rings is 2. The van der Waals surface area contributed by atoms with Gasteiger partial charge in [-0.2, -0.15) is 0 Å². The first-order valence-electron chi connectivity index (χ1n) is 5.25. The third kappa shape index (κ3) is 1.71. The number of rotatable bonds is 1. The predicted molar refractivity (Wildman–Crippen MR) is 68.8 cm³/mol. The summed E-state index contributed by atoms with van der Waals surface area (Å²) in [6.45, 7) is 0. The van der Waals surface area contributed by atoms with Crippen LogP contribution in [0.5, 0.6) is 0 Å². The molecule has 0 atom stereocenters. The number of halogens is 2. The average molecular weight is 263 g/mol. The van der Waals surface area contributed by atoms with E-state index in [1.807, 2.05) is 0 Å². The Morgan fingerprint density at radius 2 is 2.06 bits per heavy atom. The van der Waals surface area contributed by atoms with Gasteiger partial charge in [-0.25, -0.2) is 9.37 Å². The lowest BCUT2D eigenvalue weighted by Gasteiger charge is -1.99. The number of nitrogens with zero attached hydrogens (tertiary/aromatic N) is 1. The second-order valence-corrected chi connectivity index (χ2v) is 4.23. The molecule has 0 fully saturated rings. The molecule has 1 heterocycles. The van der Waals surface area contributed by atoms with Gasteiger partial charge in [0.1, 0.15) is 11.3 Å². The summed E-state index contributed by atoms with van der Waals surface area (Å²) in [6.07, 6.45) is 0. The van der Waals surface area contributed by atoms with Gasteiger partial charge in [0.15, 0.2) is 5.58 Å². The Kier molecular flexibility index (Phi) is 2.45. The number of hydrogen-bond donors (Lipinski definition) is 1. The molecule has 5 heteroatoms. The Morgan fingerprint density at radius 1 is 1.22 bits per heavy atom. The Labute approximate surface area is 107 Å². The van der Waals surface area contributed by atoms with Crippen LogP contribution in [0.1, 0.15) is 0 Å². The lowest BCUT2D eigenvalue weighted by Crippen LogP contribution is -1.83. The quantitative estimate of drug-likeness (QED) is 0.677.